The predicted octanol–water partition coefficient (Wildman–Crippen LogP) is 6.56. The van der Waals surface area contributed by atoms with E-state index in [1.807, 2.05) is 4.68 Å². The van der Waals surface area contributed by atoms with Gasteiger partial charge in [0.1, 0.15) is 0 Å². The SMILES string of the molecule is CC1CC2CCC(C1)N2C(=O)C(N(C)S(=O)(=O)c1ccc2c(cnn2CC2CCCC2)c1)C(F)(F)c1ccc(Br)cc1. The first kappa shape index (κ1) is 29.7. The Hall–Kier alpha value is -2.37. The van der Waals surface area contributed by atoms with Crippen molar-refractivity contribution in [2.75, 3.05) is 7.05 Å². The summed E-state index contributed by atoms with van der Waals surface area (Å²) in [5.74, 6) is -3.68. The van der Waals surface area contributed by atoms with Crippen LogP contribution in [0.5, 0.6) is 0 Å². The van der Waals surface area contributed by atoms with E-state index < -0.39 is 33.5 Å². The maximum atomic E-state index is 16.5. The Kier molecular flexibility index (Phi) is 7.98. The Morgan fingerprint density at radius 3 is 2.36 bits per heavy atom. The standard InChI is InChI=1S/C31H37BrF2N4O3S/c1-20-15-25-11-12-26(16-20)38(25)30(39)29(31(33,34)23-7-9-24(32)10-8-23)36(2)42(40,41)27-13-14-28-22(17-27)18-35-37(28)19-21-5-3-4-6-21/h7-10,13-14,17-18,20-21,25-26,29H,3-6,11-12,15-16,19H2,1-2H3. The maximum Gasteiger partial charge on any atom is 0.298 e. The third-order valence-corrected chi connectivity index (χ3v) is 11.9. The summed E-state index contributed by atoms with van der Waals surface area (Å²) in [7, 11) is -3.39. The van der Waals surface area contributed by atoms with Crippen LogP contribution in [0.1, 0.15) is 63.9 Å². The molecule has 6 rings (SSSR count). The minimum atomic E-state index is -4.49. The number of nitrogens with zero attached hydrogens (tertiary/aromatic N) is 4. The van der Waals surface area contributed by atoms with E-state index in [1.165, 1.54) is 49.2 Å². The highest BCUT2D eigenvalue weighted by molar-refractivity contribution is 9.10. The lowest BCUT2D eigenvalue weighted by molar-refractivity contribution is -0.155. The van der Waals surface area contributed by atoms with E-state index in [0.717, 1.165) is 57.6 Å². The van der Waals surface area contributed by atoms with Crippen LogP contribution in [-0.2, 0) is 27.3 Å². The van der Waals surface area contributed by atoms with Crippen molar-refractivity contribution in [1.29, 1.82) is 0 Å². The van der Waals surface area contributed by atoms with E-state index in [-0.39, 0.29) is 17.0 Å². The highest BCUT2D eigenvalue weighted by Gasteiger charge is 2.56. The fourth-order valence-electron chi connectivity index (χ4n) is 7.43. The zero-order valence-electron chi connectivity index (χ0n) is 23.9. The molecule has 1 saturated carbocycles. The molecule has 2 bridgehead atoms. The first-order valence-corrected chi connectivity index (χ1v) is 17.1. The molecule has 3 unspecified atom stereocenters. The lowest BCUT2D eigenvalue weighted by Crippen LogP contribution is -2.60. The van der Waals surface area contributed by atoms with Gasteiger partial charge in [-0.1, -0.05) is 47.8 Å². The summed E-state index contributed by atoms with van der Waals surface area (Å²) in [6.45, 7) is 2.88. The van der Waals surface area contributed by atoms with Crippen LogP contribution < -0.4 is 0 Å². The van der Waals surface area contributed by atoms with Crippen molar-refractivity contribution in [3.05, 3.63) is 58.7 Å². The summed E-state index contributed by atoms with van der Waals surface area (Å²) >= 11 is 3.27. The number of aromatic nitrogens is 2. The molecular weight excluding hydrogens is 626 g/mol. The van der Waals surface area contributed by atoms with E-state index in [4.69, 9.17) is 0 Å². The number of rotatable bonds is 8. The molecule has 3 aliphatic rings. The number of hydrogen-bond acceptors (Lipinski definition) is 4. The number of carbonyl (C=O) groups is 1. The van der Waals surface area contributed by atoms with Crippen LogP contribution in [0, 0.1) is 11.8 Å². The number of sulfonamides is 1. The third-order valence-electron chi connectivity index (χ3n) is 9.59. The van der Waals surface area contributed by atoms with E-state index in [0.29, 0.717) is 26.0 Å². The van der Waals surface area contributed by atoms with Crippen molar-refractivity contribution < 1.29 is 22.0 Å². The zero-order valence-corrected chi connectivity index (χ0v) is 26.3. The van der Waals surface area contributed by atoms with E-state index in [9.17, 15) is 13.2 Å². The molecule has 0 spiro atoms. The molecule has 1 aromatic heterocycles. The van der Waals surface area contributed by atoms with Gasteiger partial charge in [0.25, 0.3) is 5.92 Å². The molecule has 2 saturated heterocycles. The maximum absolute atomic E-state index is 16.5. The van der Waals surface area contributed by atoms with Gasteiger partial charge in [0, 0.05) is 41.1 Å². The number of likely N-dealkylation sites (N-methyl/N-ethyl adjacent to an activating group) is 1. The average molecular weight is 664 g/mol. The summed E-state index contributed by atoms with van der Waals surface area (Å²) in [5.41, 5.74) is 0.391. The molecule has 11 heteroatoms. The van der Waals surface area contributed by atoms with Crippen molar-refractivity contribution in [3.8, 4) is 0 Å². The summed E-state index contributed by atoms with van der Waals surface area (Å²) in [6, 6.07) is 7.48. The largest absolute Gasteiger partial charge is 0.335 e. The molecule has 3 aromatic rings. The van der Waals surface area contributed by atoms with Gasteiger partial charge in [-0.3, -0.25) is 9.48 Å². The Morgan fingerprint density at radius 2 is 1.71 bits per heavy atom. The third kappa shape index (κ3) is 5.30. The molecule has 1 amide bonds. The molecule has 0 N–H and O–H groups in total. The van der Waals surface area contributed by atoms with E-state index in [2.05, 4.69) is 28.0 Å². The summed E-state index contributed by atoms with van der Waals surface area (Å²) in [6.07, 6.45) is 9.30. The van der Waals surface area contributed by atoms with Gasteiger partial charge in [0.2, 0.25) is 15.9 Å². The molecule has 3 heterocycles. The second kappa shape index (κ2) is 11.3. The van der Waals surface area contributed by atoms with Crippen LogP contribution in [0.15, 0.2) is 58.0 Å². The minimum absolute atomic E-state index is 0.141. The number of piperidine rings is 1. The van der Waals surface area contributed by atoms with Gasteiger partial charge in [-0.15, -0.1) is 0 Å². The highest BCUT2D eigenvalue weighted by Crippen LogP contribution is 2.43. The number of carbonyl (C=O) groups excluding carboxylic acids is 1. The van der Waals surface area contributed by atoms with Crippen LogP contribution in [0.25, 0.3) is 10.9 Å². The van der Waals surface area contributed by atoms with Crippen LogP contribution in [0.3, 0.4) is 0 Å². The number of fused-ring (bicyclic) bond motifs is 3. The number of halogens is 3. The molecule has 42 heavy (non-hydrogen) atoms. The monoisotopic (exact) mass is 662 g/mol. The van der Waals surface area contributed by atoms with Crippen molar-refractivity contribution in [2.24, 2.45) is 11.8 Å². The fraction of sp³-hybridized carbons (Fsp3) is 0.548. The van der Waals surface area contributed by atoms with E-state index in [1.54, 1.807) is 17.2 Å². The van der Waals surface area contributed by atoms with Gasteiger partial charge in [-0.2, -0.15) is 18.2 Å². The van der Waals surface area contributed by atoms with Gasteiger partial charge in [0.05, 0.1) is 16.6 Å². The fourth-order valence-corrected chi connectivity index (χ4v) is 9.05. The van der Waals surface area contributed by atoms with Crippen molar-refractivity contribution in [1.82, 2.24) is 19.0 Å². The Labute approximate surface area is 254 Å². The molecule has 7 nitrogen and oxygen atoms in total. The normalized spacial score (nSPS) is 24.1. The Balaban J connectivity index is 1.36. The minimum Gasteiger partial charge on any atom is -0.335 e. The second-order valence-electron chi connectivity index (χ2n) is 12.5. The predicted molar refractivity (Wildman–Crippen MR) is 161 cm³/mol. The molecule has 2 aromatic carbocycles. The van der Waals surface area contributed by atoms with Gasteiger partial charge in [-0.05, 0) is 80.7 Å². The lowest BCUT2D eigenvalue weighted by Gasteiger charge is -2.42. The zero-order chi connectivity index (χ0) is 29.8. The van der Waals surface area contributed by atoms with Gasteiger partial charge >= 0.3 is 0 Å². The molecule has 226 valence electrons. The van der Waals surface area contributed by atoms with Crippen LogP contribution in [0.4, 0.5) is 8.78 Å². The topological polar surface area (TPSA) is 75.5 Å². The summed E-state index contributed by atoms with van der Waals surface area (Å²) < 4.78 is 64.1. The van der Waals surface area contributed by atoms with Crippen LogP contribution >= 0.6 is 15.9 Å². The highest BCUT2D eigenvalue weighted by atomic mass is 79.9. The molecule has 0 radical (unpaired) electrons. The Bertz CT molecular complexity index is 1560. The smallest absolute Gasteiger partial charge is 0.298 e. The number of alkyl halides is 2. The van der Waals surface area contributed by atoms with Crippen LogP contribution in [-0.4, -0.2) is 58.5 Å². The van der Waals surface area contributed by atoms with Gasteiger partial charge < -0.3 is 4.90 Å². The molecule has 1 aliphatic carbocycles. The molecule has 2 aliphatic heterocycles. The number of benzene rings is 2. The van der Waals surface area contributed by atoms with Crippen molar-refractivity contribution >= 4 is 42.8 Å². The first-order valence-electron chi connectivity index (χ1n) is 14.9. The van der Waals surface area contributed by atoms with E-state index >= 15 is 8.78 Å². The quantitative estimate of drug-likeness (QED) is 0.274. The molecule has 3 fully saturated rings. The average Bonchev–Trinajstić information content (AvgIpc) is 3.67. The van der Waals surface area contributed by atoms with Gasteiger partial charge in [0.15, 0.2) is 6.04 Å². The van der Waals surface area contributed by atoms with Crippen molar-refractivity contribution in [2.45, 2.75) is 93.8 Å². The molecule has 3 atom stereocenters. The lowest BCUT2D eigenvalue weighted by atomic mass is 9.90. The summed E-state index contributed by atoms with van der Waals surface area (Å²) in [4.78, 5) is 15.6. The van der Waals surface area contributed by atoms with Crippen LogP contribution in [0.2, 0.25) is 0 Å². The van der Waals surface area contributed by atoms with Gasteiger partial charge in [-0.25, -0.2) is 8.42 Å². The summed E-state index contributed by atoms with van der Waals surface area (Å²) in [5, 5.41) is 5.11. The first-order chi connectivity index (χ1) is 20.0. The number of hydrogen-bond donors (Lipinski definition) is 0. The molecular formula is C31H37BrF2N4O3S. The number of amides is 1. The Morgan fingerprint density at radius 1 is 1.07 bits per heavy atom. The second-order valence-corrected chi connectivity index (χ2v) is 15.4. The van der Waals surface area contributed by atoms with Crippen molar-refractivity contribution in [3.63, 3.8) is 0 Å².